The van der Waals surface area contributed by atoms with E-state index in [0.717, 1.165) is 41.8 Å². The van der Waals surface area contributed by atoms with Crippen LogP contribution in [-0.4, -0.2) is 31.3 Å². The van der Waals surface area contributed by atoms with Gasteiger partial charge in [0, 0.05) is 28.5 Å². The number of carboxylic acids is 1. The number of hydrogen-bond donors (Lipinski definition) is 1. The maximum atomic E-state index is 12.5. The van der Waals surface area contributed by atoms with Crippen LogP contribution in [0.5, 0.6) is 0 Å². The summed E-state index contributed by atoms with van der Waals surface area (Å²) in [5.41, 5.74) is 7.27. The van der Waals surface area contributed by atoms with Gasteiger partial charge in [-0.25, -0.2) is 14.3 Å². The molecule has 1 aliphatic rings. The molecule has 0 spiro atoms. The molecule has 1 atom stereocenters. The molecule has 1 N–H and O–H groups in total. The Labute approximate surface area is 199 Å². The van der Waals surface area contributed by atoms with Gasteiger partial charge in [-0.1, -0.05) is 42.5 Å². The third-order valence-electron chi connectivity index (χ3n) is 6.23. The predicted molar refractivity (Wildman–Crippen MR) is 132 cm³/mol. The fourth-order valence-electron chi connectivity index (χ4n) is 4.78. The number of hydrogen-bond acceptors (Lipinski definition) is 4. The lowest BCUT2D eigenvalue weighted by Gasteiger charge is -2.27. The van der Waals surface area contributed by atoms with Crippen LogP contribution in [0.25, 0.3) is 28.2 Å². The highest BCUT2D eigenvalue weighted by molar-refractivity contribution is 5.81. The topological polar surface area (TPSA) is 76.7 Å². The Kier molecular flexibility index (Phi) is 5.48. The molecular formula is C28H29N3O3. The zero-order chi connectivity index (χ0) is 24.0. The number of rotatable bonds is 5. The number of aliphatic carboxylic acids is 1. The van der Waals surface area contributed by atoms with Crippen LogP contribution in [-0.2, 0) is 22.4 Å². The molecule has 1 aliphatic carbocycles. The van der Waals surface area contributed by atoms with Gasteiger partial charge in [0.1, 0.15) is 0 Å². The highest BCUT2D eigenvalue weighted by Gasteiger charge is 2.33. The Balaban J connectivity index is 1.80. The molecule has 4 aromatic rings. The van der Waals surface area contributed by atoms with Crippen LogP contribution < -0.4 is 0 Å². The minimum Gasteiger partial charge on any atom is -0.479 e. The Morgan fingerprint density at radius 3 is 2.47 bits per heavy atom. The van der Waals surface area contributed by atoms with Crippen LogP contribution in [0.3, 0.4) is 0 Å². The minimum atomic E-state index is -1.18. The molecule has 0 fully saturated rings. The first-order valence-corrected chi connectivity index (χ1v) is 11.7. The standard InChI is InChI=1S/C28H29N3O3/c1-17-24(26(27(32)33)34-28(2,3)4)25(21-14-13-18-11-8-12-20(18)15-21)31-23(29-17)16-22(30-31)19-9-6-5-7-10-19/h5-7,9-10,13-16,26H,8,11-12H2,1-4H3,(H,32,33). The second kappa shape index (κ2) is 8.37. The van der Waals surface area contributed by atoms with Crippen molar-refractivity contribution < 1.29 is 14.6 Å². The first-order valence-electron chi connectivity index (χ1n) is 11.7. The molecule has 34 heavy (non-hydrogen) atoms. The van der Waals surface area contributed by atoms with Crippen molar-refractivity contribution >= 4 is 11.6 Å². The first-order chi connectivity index (χ1) is 16.2. The third-order valence-corrected chi connectivity index (χ3v) is 6.23. The molecule has 0 bridgehead atoms. The van der Waals surface area contributed by atoms with Gasteiger partial charge in [0.15, 0.2) is 11.8 Å². The van der Waals surface area contributed by atoms with Gasteiger partial charge in [0.25, 0.3) is 0 Å². The quantitative estimate of drug-likeness (QED) is 0.411. The van der Waals surface area contributed by atoms with Gasteiger partial charge >= 0.3 is 5.97 Å². The SMILES string of the molecule is Cc1nc2cc(-c3ccccc3)nn2c(-c2ccc3c(c2)CCC3)c1C(OC(C)(C)C)C(=O)O. The van der Waals surface area contributed by atoms with Crippen LogP contribution in [0.1, 0.15) is 55.7 Å². The van der Waals surface area contributed by atoms with E-state index in [1.807, 2.05) is 64.1 Å². The lowest BCUT2D eigenvalue weighted by Crippen LogP contribution is -2.29. The van der Waals surface area contributed by atoms with Crippen molar-refractivity contribution in [2.75, 3.05) is 0 Å². The summed E-state index contributed by atoms with van der Waals surface area (Å²) in [5.74, 6) is -1.04. The molecule has 2 heterocycles. The number of carbonyl (C=O) groups is 1. The summed E-state index contributed by atoms with van der Waals surface area (Å²) >= 11 is 0. The molecule has 1 unspecified atom stereocenters. The highest BCUT2D eigenvalue weighted by atomic mass is 16.5. The van der Waals surface area contributed by atoms with E-state index in [4.69, 9.17) is 14.8 Å². The summed E-state index contributed by atoms with van der Waals surface area (Å²) in [7, 11) is 0. The minimum absolute atomic E-state index is 0.538. The number of carboxylic acid groups (broad SMARTS) is 1. The average molecular weight is 456 g/mol. The number of fused-ring (bicyclic) bond motifs is 2. The number of aromatic nitrogens is 3. The second-order valence-electron chi connectivity index (χ2n) is 9.91. The first kappa shape index (κ1) is 22.3. The average Bonchev–Trinajstić information content (AvgIpc) is 3.43. The van der Waals surface area contributed by atoms with E-state index in [-0.39, 0.29) is 0 Å². The summed E-state index contributed by atoms with van der Waals surface area (Å²) in [6.45, 7) is 7.44. The van der Waals surface area contributed by atoms with Gasteiger partial charge in [-0.3, -0.25) is 0 Å². The number of aryl methyl sites for hydroxylation is 3. The Hall–Kier alpha value is -3.51. The molecule has 6 nitrogen and oxygen atoms in total. The largest absolute Gasteiger partial charge is 0.479 e. The van der Waals surface area contributed by atoms with Crippen molar-refractivity contribution in [1.82, 2.24) is 14.6 Å². The van der Waals surface area contributed by atoms with Crippen molar-refractivity contribution in [3.05, 3.63) is 77.0 Å². The molecule has 2 aromatic heterocycles. The van der Waals surface area contributed by atoms with Gasteiger partial charge in [0.05, 0.1) is 17.0 Å². The van der Waals surface area contributed by atoms with E-state index in [1.54, 1.807) is 4.52 Å². The highest BCUT2D eigenvalue weighted by Crippen LogP contribution is 2.37. The molecule has 0 saturated heterocycles. The molecule has 0 radical (unpaired) electrons. The summed E-state index contributed by atoms with van der Waals surface area (Å²) in [4.78, 5) is 17.3. The van der Waals surface area contributed by atoms with Gasteiger partial charge < -0.3 is 9.84 Å². The van der Waals surface area contributed by atoms with E-state index < -0.39 is 17.7 Å². The normalized spacial score (nSPS) is 14.4. The van der Waals surface area contributed by atoms with E-state index >= 15 is 0 Å². The fraction of sp³-hybridized carbons (Fsp3) is 0.321. The van der Waals surface area contributed by atoms with Gasteiger partial charge in [-0.2, -0.15) is 5.10 Å². The second-order valence-corrected chi connectivity index (χ2v) is 9.91. The van der Waals surface area contributed by atoms with Crippen LogP contribution in [0.4, 0.5) is 0 Å². The predicted octanol–water partition coefficient (Wildman–Crippen LogP) is 5.80. The Morgan fingerprint density at radius 1 is 1.03 bits per heavy atom. The molecule has 6 heteroatoms. The van der Waals surface area contributed by atoms with Crippen molar-refractivity contribution in [3.63, 3.8) is 0 Å². The van der Waals surface area contributed by atoms with E-state index in [1.165, 1.54) is 11.1 Å². The molecule has 174 valence electrons. The summed E-state index contributed by atoms with van der Waals surface area (Å²) in [6, 6.07) is 18.3. The zero-order valence-electron chi connectivity index (χ0n) is 20.0. The van der Waals surface area contributed by atoms with Gasteiger partial charge in [-0.05, 0) is 64.2 Å². The van der Waals surface area contributed by atoms with Crippen molar-refractivity contribution in [3.8, 4) is 22.5 Å². The number of benzene rings is 2. The monoisotopic (exact) mass is 455 g/mol. The van der Waals surface area contributed by atoms with Gasteiger partial charge in [-0.15, -0.1) is 0 Å². The molecule has 5 rings (SSSR count). The van der Waals surface area contributed by atoms with Crippen LogP contribution in [0.15, 0.2) is 54.6 Å². The van der Waals surface area contributed by atoms with Crippen LogP contribution >= 0.6 is 0 Å². The number of ether oxygens (including phenoxy) is 1. The number of nitrogens with zero attached hydrogens (tertiary/aromatic N) is 3. The van der Waals surface area contributed by atoms with Crippen molar-refractivity contribution in [2.45, 2.75) is 58.7 Å². The van der Waals surface area contributed by atoms with Crippen LogP contribution in [0.2, 0.25) is 0 Å². The maximum absolute atomic E-state index is 12.5. The van der Waals surface area contributed by atoms with E-state index in [0.29, 0.717) is 16.9 Å². The molecule has 0 saturated carbocycles. The van der Waals surface area contributed by atoms with Crippen molar-refractivity contribution in [2.24, 2.45) is 0 Å². The molecule has 0 amide bonds. The molecule has 0 aliphatic heterocycles. The lowest BCUT2D eigenvalue weighted by molar-refractivity contribution is -0.160. The molecular weight excluding hydrogens is 426 g/mol. The Bertz CT molecular complexity index is 1380. The zero-order valence-corrected chi connectivity index (χ0v) is 20.0. The molecule has 2 aromatic carbocycles. The van der Waals surface area contributed by atoms with E-state index in [9.17, 15) is 9.90 Å². The lowest BCUT2D eigenvalue weighted by atomic mass is 9.96. The fourth-order valence-corrected chi connectivity index (χ4v) is 4.78. The summed E-state index contributed by atoms with van der Waals surface area (Å²) < 4.78 is 7.86. The van der Waals surface area contributed by atoms with E-state index in [2.05, 4.69) is 18.2 Å². The Morgan fingerprint density at radius 2 is 1.76 bits per heavy atom. The smallest absolute Gasteiger partial charge is 0.337 e. The van der Waals surface area contributed by atoms with Crippen molar-refractivity contribution in [1.29, 1.82) is 0 Å². The summed E-state index contributed by atoms with van der Waals surface area (Å²) in [5, 5.41) is 15.1. The summed E-state index contributed by atoms with van der Waals surface area (Å²) in [6.07, 6.45) is 2.07. The van der Waals surface area contributed by atoms with Gasteiger partial charge in [0.2, 0.25) is 0 Å². The maximum Gasteiger partial charge on any atom is 0.337 e. The van der Waals surface area contributed by atoms with Crippen LogP contribution in [0, 0.1) is 6.92 Å². The third kappa shape index (κ3) is 4.10.